The summed E-state index contributed by atoms with van der Waals surface area (Å²) in [5, 5.41) is 3.73. The van der Waals surface area contributed by atoms with Crippen molar-refractivity contribution in [1.82, 2.24) is 9.13 Å². The molecule has 0 N–H and O–H groups in total. The standard InChI is InChI=1S/C51H34N2/c1-4-14-38(15-5-1)51(39-16-6-2-7-17-39)46-22-12-10-20-42(46)43-29-26-36(32-47(43)51)35-24-27-41(28-25-35)53-48-23-13-11-21-44(48)45-34-49-37(33-50(45)53)30-31-52(49)40-18-8-3-9-19-40/h1-34H. The van der Waals surface area contributed by atoms with Crippen LogP contribution >= 0.6 is 0 Å². The minimum absolute atomic E-state index is 0.418. The Morgan fingerprint density at radius 3 is 1.74 bits per heavy atom. The molecule has 1 aliphatic carbocycles. The first-order valence-electron chi connectivity index (χ1n) is 18.3. The number of para-hydroxylation sites is 2. The fourth-order valence-corrected chi connectivity index (χ4v) is 9.12. The van der Waals surface area contributed by atoms with Crippen LogP contribution in [-0.2, 0) is 5.41 Å². The lowest BCUT2D eigenvalue weighted by atomic mass is 9.67. The molecule has 2 heteroatoms. The maximum Gasteiger partial charge on any atom is 0.0713 e. The van der Waals surface area contributed by atoms with Crippen molar-refractivity contribution < 1.29 is 0 Å². The fourth-order valence-electron chi connectivity index (χ4n) is 9.12. The van der Waals surface area contributed by atoms with Gasteiger partial charge in [0.25, 0.3) is 0 Å². The van der Waals surface area contributed by atoms with Crippen molar-refractivity contribution in [3.05, 3.63) is 229 Å². The second-order valence-electron chi connectivity index (χ2n) is 14.1. The van der Waals surface area contributed by atoms with Gasteiger partial charge in [-0.3, -0.25) is 0 Å². The van der Waals surface area contributed by atoms with Gasteiger partial charge in [0.1, 0.15) is 0 Å². The van der Waals surface area contributed by atoms with Crippen molar-refractivity contribution in [2.45, 2.75) is 5.41 Å². The molecule has 53 heavy (non-hydrogen) atoms. The molecule has 10 aromatic rings. The zero-order chi connectivity index (χ0) is 34.9. The molecule has 11 rings (SSSR count). The van der Waals surface area contributed by atoms with Gasteiger partial charge in [-0.2, -0.15) is 0 Å². The second-order valence-corrected chi connectivity index (χ2v) is 14.1. The largest absolute Gasteiger partial charge is 0.317 e. The van der Waals surface area contributed by atoms with Crippen LogP contribution in [0.3, 0.4) is 0 Å². The van der Waals surface area contributed by atoms with Crippen LogP contribution < -0.4 is 0 Å². The van der Waals surface area contributed by atoms with Crippen molar-refractivity contribution in [2.75, 3.05) is 0 Å². The van der Waals surface area contributed by atoms with Gasteiger partial charge in [-0.15, -0.1) is 0 Å². The van der Waals surface area contributed by atoms with E-state index in [0.717, 1.165) is 5.69 Å². The van der Waals surface area contributed by atoms with Crippen LogP contribution in [-0.4, -0.2) is 9.13 Å². The molecule has 0 saturated carbocycles. The van der Waals surface area contributed by atoms with E-state index in [1.807, 2.05) is 0 Å². The second kappa shape index (κ2) is 11.6. The molecular formula is C51H34N2. The molecule has 0 bridgehead atoms. The van der Waals surface area contributed by atoms with Crippen LogP contribution in [0.5, 0.6) is 0 Å². The third-order valence-electron chi connectivity index (χ3n) is 11.4. The van der Waals surface area contributed by atoms with Gasteiger partial charge in [-0.1, -0.05) is 146 Å². The molecule has 2 aromatic heterocycles. The van der Waals surface area contributed by atoms with Gasteiger partial charge in [-0.25, -0.2) is 0 Å². The Bertz CT molecular complexity index is 2930. The Hall–Kier alpha value is -6.90. The molecule has 0 radical (unpaired) electrons. The highest BCUT2D eigenvalue weighted by Gasteiger charge is 2.46. The zero-order valence-electron chi connectivity index (χ0n) is 29.0. The zero-order valence-corrected chi connectivity index (χ0v) is 29.0. The molecule has 248 valence electrons. The molecule has 0 atom stereocenters. The van der Waals surface area contributed by atoms with E-state index in [2.05, 4.69) is 216 Å². The Morgan fingerprint density at radius 1 is 0.358 bits per heavy atom. The average molecular weight is 675 g/mol. The van der Waals surface area contributed by atoms with E-state index in [0.29, 0.717) is 0 Å². The predicted molar refractivity (Wildman–Crippen MR) is 220 cm³/mol. The number of hydrogen-bond donors (Lipinski definition) is 0. The van der Waals surface area contributed by atoms with Crippen molar-refractivity contribution in [2.24, 2.45) is 0 Å². The van der Waals surface area contributed by atoms with Crippen molar-refractivity contribution in [3.63, 3.8) is 0 Å². The minimum Gasteiger partial charge on any atom is -0.317 e. The lowest BCUT2D eigenvalue weighted by molar-refractivity contribution is 0.769. The number of benzene rings is 8. The van der Waals surface area contributed by atoms with Crippen LogP contribution in [0.15, 0.2) is 206 Å². The lowest BCUT2D eigenvalue weighted by Gasteiger charge is -2.34. The number of fused-ring (bicyclic) bond motifs is 7. The van der Waals surface area contributed by atoms with E-state index in [9.17, 15) is 0 Å². The van der Waals surface area contributed by atoms with Gasteiger partial charge in [0.05, 0.1) is 22.0 Å². The van der Waals surface area contributed by atoms with E-state index >= 15 is 0 Å². The number of nitrogens with zero attached hydrogens (tertiary/aromatic N) is 2. The quantitative estimate of drug-likeness (QED) is 0.172. The molecule has 0 saturated heterocycles. The molecule has 2 heterocycles. The molecule has 2 nitrogen and oxygen atoms in total. The third-order valence-corrected chi connectivity index (χ3v) is 11.4. The Morgan fingerprint density at radius 2 is 0.981 bits per heavy atom. The van der Waals surface area contributed by atoms with E-state index in [4.69, 9.17) is 0 Å². The number of rotatable bonds is 5. The summed E-state index contributed by atoms with van der Waals surface area (Å²) in [4.78, 5) is 0. The van der Waals surface area contributed by atoms with Crippen molar-refractivity contribution in [3.8, 4) is 33.6 Å². The minimum atomic E-state index is -0.418. The molecule has 0 amide bonds. The molecule has 0 spiro atoms. The highest BCUT2D eigenvalue weighted by atomic mass is 15.0. The normalized spacial score (nSPS) is 13.1. The smallest absolute Gasteiger partial charge is 0.0713 e. The number of hydrogen-bond acceptors (Lipinski definition) is 0. The van der Waals surface area contributed by atoms with Gasteiger partial charge in [0.2, 0.25) is 0 Å². The van der Waals surface area contributed by atoms with Gasteiger partial charge in [0, 0.05) is 33.7 Å². The van der Waals surface area contributed by atoms with E-state index in [1.54, 1.807) is 0 Å². The topological polar surface area (TPSA) is 9.86 Å². The van der Waals surface area contributed by atoms with Crippen LogP contribution in [0, 0.1) is 0 Å². The Labute approximate surface area is 308 Å². The molecule has 8 aromatic carbocycles. The van der Waals surface area contributed by atoms with Crippen LogP contribution in [0.25, 0.3) is 66.3 Å². The van der Waals surface area contributed by atoms with Crippen molar-refractivity contribution in [1.29, 1.82) is 0 Å². The lowest BCUT2D eigenvalue weighted by Crippen LogP contribution is -2.28. The maximum absolute atomic E-state index is 2.44. The summed E-state index contributed by atoms with van der Waals surface area (Å²) in [6.07, 6.45) is 2.18. The SMILES string of the molecule is c1ccc(-n2ccc3cc4c(cc32)c2ccccc2n4-c2ccc(-c3ccc4c(c3)C(c3ccccc3)(c3ccccc3)c3ccccc3-4)cc2)cc1. The van der Waals surface area contributed by atoms with E-state index < -0.39 is 5.41 Å². The highest BCUT2D eigenvalue weighted by molar-refractivity contribution is 6.13. The monoisotopic (exact) mass is 674 g/mol. The first-order chi connectivity index (χ1) is 26.3. The molecular weight excluding hydrogens is 641 g/mol. The molecule has 0 unspecified atom stereocenters. The number of aromatic nitrogens is 2. The summed E-state index contributed by atoms with van der Waals surface area (Å²) in [6.45, 7) is 0. The Balaban J connectivity index is 1.06. The summed E-state index contributed by atoms with van der Waals surface area (Å²) >= 11 is 0. The Kier molecular flexibility index (Phi) is 6.50. The van der Waals surface area contributed by atoms with Crippen molar-refractivity contribution >= 4 is 32.7 Å². The summed E-state index contributed by atoms with van der Waals surface area (Å²) in [6, 6.07) is 73.5. The molecule has 1 aliphatic rings. The van der Waals surface area contributed by atoms with Crippen LogP contribution in [0.2, 0.25) is 0 Å². The maximum atomic E-state index is 2.44. The third kappa shape index (κ3) is 4.33. The van der Waals surface area contributed by atoms with Gasteiger partial charge in [0.15, 0.2) is 0 Å². The molecule has 0 aliphatic heterocycles. The summed E-state index contributed by atoms with van der Waals surface area (Å²) in [5.74, 6) is 0. The fraction of sp³-hybridized carbons (Fsp3) is 0.0196. The van der Waals surface area contributed by atoms with Gasteiger partial charge >= 0.3 is 0 Å². The summed E-state index contributed by atoms with van der Waals surface area (Å²) in [7, 11) is 0. The first-order valence-corrected chi connectivity index (χ1v) is 18.3. The predicted octanol–water partition coefficient (Wildman–Crippen LogP) is 12.8. The van der Waals surface area contributed by atoms with Crippen LogP contribution in [0.4, 0.5) is 0 Å². The average Bonchev–Trinajstić information content (AvgIpc) is 3.89. The molecule has 0 fully saturated rings. The van der Waals surface area contributed by atoms with Gasteiger partial charge in [-0.05, 0) is 99.1 Å². The summed E-state index contributed by atoms with van der Waals surface area (Å²) < 4.78 is 4.71. The first kappa shape index (κ1) is 29.8. The summed E-state index contributed by atoms with van der Waals surface area (Å²) in [5.41, 5.74) is 15.8. The van der Waals surface area contributed by atoms with Crippen LogP contribution in [0.1, 0.15) is 22.3 Å². The van der Waals surface area contributed by atoms with E-state index in [-0.39, 0.29) is 0 Å². The van der Waals surface area contributed by atoms with Gasteiger partial charge < -0.3 is 9.13 Å². The van der Waals surface area contributed by atoms with E-state index in [1.165, 1.54) is 82.9 Å². The highest BCUT2D eigenvalue weighted by Crippen LogP contribution is 2.56.